The van der Waals surface area contributed by atoms with E-state index in [9.17, 15) is 24.7 Å². The molecule has 0 aliphatic rings. The van der Waals surface area contributed by atoms with Gasteiger partial charge >= 0.3 is 6.09 Å². The molecule has 3 aromatic carbocycles. The number of carbonyl (C=O) groups is 3. The highest BCUT2D eigenvalue weighted by molar-refractivity contribution is 5.92. The summed E-state index contributed by atoms with van der Waals surface area (Å²) in [6.45, 7) is 0.0102. The van der Waals surface area contributed by atoms with Crippen molar-refractivity contribution in [3.8, 4) is 5.75 Å². The number of amides is 3. The van der Waals surface area contributed by atoms with Gasteiger partial charge in [0.1, 0.15) is 24.4 Å². The van der Waals surface area contributed by atoms with Crippen LogP contribution >= 0.6 is 0 Å². The molecule has 2 atom stereocenters. The lowest BCUT2D eigenvalue weighted by molar-refractivity contribution is -0.135. The monoisotopic (exact) mass is 516 g/mol. The average molecular weight is 517 g/mol. The number of carbonyl (C=O) groups excluding carboxylic acids is 3. The van der Waals surface area contributed by atoms with Gasteiger partial charge in [-0.15, -0.1) is 0 Å². The lowest BCUT2D eigenvalue weighted by atomic mass is 10.0. The number of hydrogen-bond donors (Lipinski definition) is 6. The molecule has 1 aromatic heterocycles. The third-order valence-electron chi connectivity index (χ3n) is 6.04. The summed E-state index contributed by atoms with van der Waals surface area (Å²) in [5.74, 6) is -1.40. The second-order valence-corrected chi connectivity index (χ2v) is 8.73. The van der Waals surface area contributed by atoms with Crippen LogP contribution in [0.25, 0.3) is 10.9 Å². The van der Waals surface area contributed by atoms with Crippen LogP contribution in [0, 0.1) is 0 Å². The minimum Gasteiger partial charge on any atom is -0.508 e. The topological polar surface area (TPSA) is 153 Å². The van der Waals surface area contributed by atoms with Crippen LogP contribution in [0.1, 0.15) is 16.7 Å². The maximum absolute atomic E-state index is 13.3. The number of H-pyrrole nitrogens is 1. The minimum absolute atomic E-state index is 0.0102. The number of aromatic nitrogens is 1. The Kier molecular flexibility index (Phi) is 8.57. The number of fused-ring (bicyclic) bond motifs is 1. The van der Waals surface area contributed by atoms with Crippen LogP contribution in [0.2, 0.25) is 0 Å². The quantitative estimate of drug-likeness (QED) is 0.141. The highest BCUT2D eigenvalue weighted by Crippen LogP contribution is 2.19. The van der Waals surface area contributed by atoms with E-state index < -0.39 is 30.0 Å². The molecule has 0 unspecified atom stereocenters. The van der Waals surface area contributed by atoms with Crippen LogP contribution in [-0.4, -0.2) is 45.3 Å². The molecule has 4 aromatic rings. The Bertz CT molecular complexity index is 1390. The zero-order chi connectivity index (χ0) is 26.9. The third kappa shape index (κ3) is 6.89. The van der Waals surface area contributed by atoms with Gasteiger partial charge in [-0.2, -0.15) is 0 Å². The number of alkyl carbamates (subject to hydrolysis) is 1. The van der Waals surface area contributed by atoms with Crippen molar-refractivity contribution in [3.63, 3.8) is 0 Å². The number of phenolic OH excluding ortho intramolecular Hbond substituents is 1. The first-order valence-corrected chi connectivity index (χ1v) is 12.0. The normalized spacial score (nSPS) is 12.3. The number of phenols is 1. The fourth-order valence-corrected chi connectivity index (χ4v) is 4.06. The minimum atomic E-state index is -1.13. The van der Waals surface area contributed by atoms with Gasteiger partial charge in [-0.25, -0.2) is 10.3 Å². The SMILES string of the molecule is O=C(N[C@H](Cc1ccc(O)cc1)C(=O)N[C@@H](Cc1c[nH]c2ccccc12)C(=O)NO)OCc1ccccc1. The van der Waals surface area contributed by atoms with Crippen molar-refractivity contribution in [2.75, 3.05) is 0 Å². The number of para-hydroxylation sites is 1. The number of rotatable bonds is 10. The number of hydroxylamine groups is 1. The van der Waals surface area contributed by atoms with Crippen molar-refractivity contribution >= 4 is 28.8 Å². The maximum atomic E-state index is 13.3. The smallest absolute Gasteiger partial charge is 0.408 e. The summed E-state index contributed by atoms with van der Waals surface area (Å²) in [5.41, 5.74) is 4.67. The lowest BCUT2D eigenvalue weighted by Crippen LogP contribution is -2.54. The number of benzene rings is 3. The van der Waals surface area contributed by atoms with E-state index in [-0.39, 0.29) is 25.2 Å². The van der Waals surface area contributed by atoms with E-state index in [0.717, 1.165) is 22.0 Å². The third-order valence-corrected chi connectivity index (χ3v) is 6.04. The molecule has 10 nitrogen and oxygen atoms in total. The maximum Gasteiger partial charge on any atom is 0.408 e. The predicted octanol–water partition coefficient (Wildman–Crippen LogP) is 2.94. The van der Waals surface area contributed by atoms with Crippen molar-refractivity contribution in [3.05, 3.63) is 102 Å². The van der Waals surface area contributed by atoms with Crippen molar-refractivity contribution in [1.29, 1.82) is 0 Å². The lowest BCUT2D eigenvalue weighted by Gasteiger charge is -2.22. The first-order chi connectivity index (χ1) is 18.4. The summed E-state index contributed by atoms with van der Waals surface area (Å²) in [6, 6.07) is 20.5. The molecule has 196 valence electrons. The van der Waals surface area contributed by atoms with Gasteiger partial charge < -0.3 is 25.5 Å². The highest BCUT2D eigenvalue weighted by atomic mass is 16.5. The Hall–Kier alpha value is -4.83. The predicted molar refractivity (Wildman–Crippen MR) is 139 cm³/mol. The van der Waals surface area contributed by atoms with Crippen LogP contribution < -0.4 is 16.1 Å². The molecular formula is C28H28N4O6. The van der Waals surface area contributed by atoms with Crippen LogP contribution in [0.4, 0.5) is 4.79 Å². The zero-order valence-electron chi connectivity index (χ0n) is 20.4. The standard InChI is InChI=1S/C28H28N4O6/c33-21-12-10-18(11-13-21)14-24(31-28(36)38-17-19-6-2-1-3-7-19)26(34)30-25(27(35)32-37)15-20-16-29-23-9-5-4-8-22(20)23/h1-13,16,24-25,29,33,37H,14-15,17H2,(H,30,34)(H,31,36)(H,32,35)/t24-,25+/m1/s1. The molecule has 1 heterocycles. The summed E-state index contributed by atoms with van der Waals surface area (Å²) in [5, 5.41) is 25.0. The number of ether oxygens (including phenoxy) is 1. The summed E-state index contributed by atoms with van der Waals surface area (Å²) in [7, 11) is 0. The number of hydrogen-bond acceptors (Lipinski definition) is 6. The summed E-state index contributed by atoms with van der Waals surface area (Å²) < 4.78 is 5.28. The molecule has 10 heteroatoms. The molecule has 4 rings (SSSR count). The molecule has 6 N–H and O–H groups in total. The van der Waals surface area contributed by atoms with Gasteiger partial charge in [0.15, 0.2) is 0 Å². The molecule has 38 heavy (non-hydrogen) atoms. The molecule has 0 fully saturated rings. The first-order valence-electron chi connectivity index (χ1n) is 12.0. The Labute approximate surface area is 218 Å². The fourth-order valence-electron chi connectivity index (χ4n) is 4.06. The summed E-state index contributed by atoms with van der Waals surface area (Å²) in [4.78, 5) is 41.5. The Morgan fingerprint density at radius 3 is 2.21 bits per heavy atom. The second kappa shape index (κ2) is 12.4. The largest absolute Gasteiger partial charge is 0.508 e. The molecule has 0 aliphatic heterocycles. The van der Waals surface area contributed by atoms with Gasteiger partial charge in [0.05, 0.1) is 0 Å². The Morgan fingerprint density at radius 2 is 1.47 bits per heavy atom. The zero-order valence-corrected chi connectivity index (χ0v) is 20.4. The molecular weight excluding hydrogens is 488 g/mol. The van der Waals surface area contributed by atoms with Crippen LogP contribution in [-0.2, 0) is 33.8 Å². The van der Waals surface area contributed by atoms with E-state index in [1.165, 1.54) is 12.1 Å². The fraction of sp³-hybridized carbons (Fsp3) is 0.179. The number of nitrogens with one attached hydrogen (secondary N) is 4. The van der Waals surface area contributed by atoms with Gasteiger partial charge in [-0.05, 0) is 34.9 Å². The van der Waals surface area contributed by atoms with Gasteiger partial charge in [-0.1, -0.05) is 60.7 Å². The van der Waals surface area contributed by atoms with E-state index in [1.807, 2.05) is 42.5 Å². The van der Waals surface area contributed by atoms with E-state index >= 15 is 0 Å². The van der Waals surface area contributed by atoms with Crippen molar-refractivity contribution in [2.45, 2.75) is 31.5 Å². The molecule has 0 saturated carbocycles. The van der Waals surface area contributed by atoms with Crippen molar-refractivity contribution in [2.24, 2.45) is 0 Å². The van der Waals surface area contributed by atoms with Crippen molar-refractivity contribution in [1.82, 2.24) is 21.1 Å². The Morgan fingerprint density at radius 1 is 0.789 bits per heavy atom. The van der Waals surface area contributed by atoms with E-state index in [4.69, 9.17) is 4.74 Å². The summed E-state index contributed by atoms with van der Waals surface area (Å²) >= 11 is 0. The molecule has 0 saturated heterocycles. The van der Waals surface area contributed by atoms with E-state index in [1.54, 1.807) is 35.9 Å². The van der Waals surface area contributed by atoms with Crippen LogP contribution in [0.5, 0.6) is 5.75 Å². The van der Waals surface area contributed by atoms with Crippen molar-refractivity contribution < 1.29 is 29.4 Å². The highest BCUT2D eigenvalue weighted by Gasteiger charge is 2.28. The molecule has 0 radical (unpaired) electrons. The molecule has 0 bridgehead atoms. The number of aromatic hydroxyl groups is 1. The molecule has 0 aliphatic carbocycles. The van der Waals surface area contributed by atoms with Crippen LogP contribution in [0.3, 0.4) is 0 Å². The first kappa shape index (κ1) is 26.2. The van der Waals surface area contributed by atoms with Gasteiger partial charge in [0.25, 0.3) is 5.91 Å². The second-order valence-electron chi connectivity index (χ2n) is 8.73. The number of aromatic amines is 1. The summed E-state index contributed by atoms with van der Waals surface area (Å²) in [6.07, 6.45) is 1.08. The van der Waals surface area contributed by atoms with Gasteiger partial charge in [0.2, 0.25) is 5.91 Å². The van der Waals surface area contributed by atoms with Gasteiger partial charge in [0, 0.05) is 29.9 Å². The van der Waals surface area contributed by atoms with Crippen LogP contribution in [0.15, 0.2) is 85.1 Å². The van der Waals surface area contributed by atoms with Gasteiger partial charge in [-0.3, -0.25) is 14.8 Å². The average Bonchev–Trinajstić information content (AvgIpc) is 3.35. The molecule has 3 amide bonds. The van der Waals surface area contributed by atoms with E-state index in [2.05, 4.69) is 15.6 Å². The molecule has 0 spiro atoms. The van der Waals surface area contributed by atoms with E-state index in [0.29, 0.717) is 5.56 Å². The Balaban J connectivity index is 1.49.